The number of alkyl halides is 3. The Labute approximate surface area is 118 Å². The maximum Gasteiger partial charge on any atom is 0.406 e. The standard InChI is InChI=1S/C11H17F3N2O5/c12-11(13,14)3-16-2-7(1-8(16)20)9(21)15-10(4-17,5-18)6-19/h7,17-19H,1-6H2,(H,15,21). The number of carbonyl (C=O) groups excluding carboxylic acids is 2. The van der Waals surface area contributed by atoms with Crippen molar-refractivity contribution in [1.29, 1.82) is 0 Å². The van der Waals surface area contributed by atoms with Gasteiger partial charge in [0.2, 0.25) is 11.8 Å². The first-order valence-electron chi connectivity index (χ1n) is 6.15. The highest BCUT2D eigenvalue weighted by molar-refractivity contribution is 5.89. The van der Waals surface area contributed by atoms with Crippen LogP contribution in [0.15, 0.2) is 0 Å². The smallest absolute Gasteiger partial charge is 0.394 e. The third kappa shape index (κ3) is 4.55. The molecule has 1 rings (SSSR count). The molecule has 0 aromatic carbocycles. The topological polar surface area (TPSA) is 110 Å². The van der Waals surface area contributed by atoms with Gasteiger partial charge in [-0.1, -0.05) is 0 Å². The molecule has 21 heavy (non-hydrogen) atoms. The van der Waals surface area contributed by atoms with E-state index < -0.39 is 62.4 Å². The van der Waals surface area contributed by atoms with Crippen LogP contribution in [0.3, 0.4) is 0 Å². The van der Waals surface area contributed by atoms with Crippen LogP contribution in [0.1, 0.15) is 6.42 Å². The highest BCUT2D eigenvalue weighted by Gasteiger charge is 2.42. The monoisotopic (exact) mass is 314 g/mol. The van der Waals surface area contributed by atoms with Crippen molar-refractivity contribution in [2.45, 2.75) is 18.1 Å². The first kappa shape index (κ1) is 17.7. The van der Waals surface area contributed by atoms with Crippen LogP contribution >= 0.6 is 0 Å². The molecule has 1 saturated heterocycles. The maximum absolute atomic E-state index is 12.3. The molecule has 0 aromatic heterocycles. The van der Waals surface area contributed by atoms with Crippen molar-refractivity contribution in [2.24, 2.45) is 5.92 Å². The maximum atomic E-state index is 12.3. The van der Waals surface area contributed by atoms with E-state index in [2.05, 4.69) is 5.32 Å². The Kier molecular flexibility index (Phi) is 5.54. The van der Waals surface area contributed by atoms with Gasteiger partial charge < -0.3 is 25.5 Å². The van der Waals surface area contributed by atoms with Crippen molar-refractivity contribution in [3.05, 3.63) is 0 Å². The summed E-state index contributed by atoms with van der Waals surface area (Å²) in [5, 5.41) is 29.4. The number of aliphatic hydroxyl groups excluding tert-OH is 3. The second-order valence-electron chi connectivity index (χ2n) is 5.03. The van der Waals surface area contributed by atoms with E-state index >= 15 is 0 Å². The van der Waals surface area contributed by atoms with Gasteiger partial charge in [0, 0.05) is 13.0 Å². The van der Waals surface area contributed by atoms with E-state index in [-0.39, 0.29) is 6.42 Å². The summed E-state index contributed by atoms with van der Waals surface area (Å²) in [5.41, 5.74) is -1.67. The molecule has 1 aliphatic heterocycles. The lowest BCUT2D eigenvalue weighted by atomic mass is 10.0. The first-order chi connectivity index (χ1) is 9.66. The summed E-state index contributed by atoms with van der Waals surface area (Å²) >= 11 is 0. The Morgan fingerprint density at radius 3 is 2.19 bits per heavy atom. The zero-order valence-corrected chi connectivity index (χ0v) is 11.1. The SMILES string of the molecule is O=C(NC(CO)(CO)CO)C1CC(=O)N(CC(F)(F)F)C1. The van der Waals surface area contributed by atoms with Crippen LogP contribution in [-0.2, 0) is 9.59 Å². The third-order valence-corrected chi connectivity index (χ3v) is 3.25. The van der Waals surface area contributed by atoms with E-state index in [1.54, 1.807) is 0 Å². The highest BCUT2D eigenvalue weighted by atomic mass is 19.4. The van der Waals surface area contributed by atoms with Crippen LogP contribution in [-0.4, -0.2) is 76.7 Å². The molecule has 122 valence electrons. The van der Waals surface area contributed by atoms with E-state index in [0.717, 1.165) is 0 Å². The molecule has 1 fully saturated rings. The molecule has 0 radical (unpaired) electrons. The quantitative estimate of drug-likeness (QED) is 0.464. The van der Waals surface area contributed by atoms with Crippen LogP contribution in [0.4, 0.5) is 13.2 Å². The summed E-state index contributed by atoms with van der Waals surface area (Å²) in [5.74, 6) is -2.62. The van der Waals surface area contributed by atoms with Gasteiger partial charge >= 0.3 is 6.18 Å². The highest BCUT2D eigenvalue weighted by Crippen LogP contribution is 2.24. The molecule has 0 spiro atoms. The van der Waals surface area contributed by atoms with Crippen molar-refractivity contribution in [2.75, 3.05) is 32.9 Å². The van der Waals surface area contributed by atoms with Gasteiger partial charge in [0.05, 0.1) is 25.7 Å². The molecular formula is C11H17F3N2O5. The lowest BCUT2D eigenvalue weighted by Gasteiger charge is -2.29. The van der Waals surface area contributed by atoms with E-state index in [0.29, 0.717) is 4.90 Å². The molecule has 2 amide bonds. The second kappa shape index (κ2) is 6.58. The van der Waals surface area contributed by atoms with Crippen molar-refractivity contribution < 1.29 is 38.1 Å². The molecule has 0 saturated carbocycles. The number of aliphatic hydroxyl groups is 3. The minimum atomic E-state index is -4.55. The average molecular weight is 314 g/mol. The van der Waals surface area contributed by atoms with Gasteiger partial charge in [-0.05, 0) is 0 Å². The van der Waals surface area contributed by atoms with Crippen molar-refractivity contribution >= 4 is 11.8 Å². The molecule has 1 atom stereocenters. The third-order valence-electron chi connectivity index (χ3n) is 3.25. The van der Waals surface area contributed by atoms with Crippen LogP contribution in [0.2, 0.25) is 0 Å². The van der Waals surface area contributed by atoms with Crippen molar-refractivity contribution in [1.82, 2.24) is 10.2 Å². The zero-order chi connectivity index (χ0) is 16.3. The Balaban J connectivity index is 2.67. The Morgan fingerprint density at radius 2 is 1.76 bits per heavy atom. The van der Waals surface area contributed by atoms with Gasteiger partial charge in [-0.3, -0.25) is 9.59 Å². The summed E-state index contributed by atoms with van der Waals surface area (Å²) < 4.78 is 36.8. The molecule has 10 heteroatoms. The predicted molar refractivity (Wildman–Crippen MR) is 62.9 cm³/mol. The lowest BCUT2D eigenvalue weighted by Crippen LogP contribution is -2.58. The predicted octanol–water partition coefficient (Wildman–Crippen LogP) is -1.77. The summed E-state index contributed by atoms with van der Waals surface area (Å²) in [6, 6.07) is 0. The van der Waals surface area contributed by atoms with Crippen molar-refractivity contribution in [3.63, 3.8) is 0 Å². The number of amides is 2. The zero-order valence-electron chi connectivity index (χ0n) is 11.1. The number of nitrogens with one attached hydrogen (secondary N) is 1. The molecule has 0 bridgehead atoms. The number of carbonyl (C=O) groups is 2. The van der Waals surface area contributed by atoms with Gasteiger partial charge in [0.25, 0.3) is 0 Å². The number of hydrogen-bond acceptors (Lipinski definition) is 5. The van der Waals surface area contributed by atoms with Crippen LogP contribution in [0.25, 0.3) is 0 Å². The first-order valence-corrected chi connectivity index (χ1v) is 6.15. The van der Waals surface area contributed by atoms with E-state index in [1.165, 1.54) is 0 Å². The van der Waals surface area contributed by atoms with E-state index in [1.807, 2.05) is 0 Å². The number of halogens is 3. The molecule has 1 aliphatic rings. The van der Waals surface area contributed by atoms with Gasteiger partial charge in [-0.15, -0.1) is 0 Å². The summed E-state index contributed by atoms with van der Waals surface area (Å²) in [4.78, 5) is 23.9. The molecule has 7 nitrogen and oxygen atoms in total. The largest absolute Gasteiger partial charge is 0.406 e. The normalized spacial score (nSPS) is 20.0. The second-order valence-corrected chi connectivity index (χ2v) is 5.03. The molecule has 0 aromatic rings. The fourth-order valence-corrected chi connectivity index (χ4v) is 1.95. The fraction of sp³-hybridized carbons (Fsp3) is 0.818. The summed E-state index contributed by atoms with van der Waals surface area (Å²) in [6.45, 7) is -4.08. The minimum absolute atomic E-state index is 0.389. The van der Waals surface area contributed by atoms with Crippen molar-refractivity contribution in [3.8, 4) is 0 Å². The van der Waals surface area contributed by atoms with Gasteiger partial charge in [0.1, 0.15) is 12.1 Å². The van der Waals surface area contributed by atoms with E-state index in [4.69, 9.17) is 15.3 Å². The van der Waals surface area contributed by atoms with Gasteiger partial charge in [0.15, 0.2) is 0 Å². The van der Waals surface area contributed by atoms with Crippen LogP contribution < -0.4 is 5.32 Å². The van der Waals surface area contributed by atoms with Crippen LogP contribution in [0, 0.1) is 5.92 Å². The molecule has 1 heterocycles. The number of nitrogens with zero attached hydrogens (tertiary/aromatic N) is 1. The number of likely N-dealkylation sites (tertiary alicyclic amines) is 1. The molecule has 1 unspecified atom stereocenters. The molecule has 0 aliphatic carbocycles. The van der Waals surface area contributed by atoms with Crippen LogP contribution in [0.5, 0.6) is 0 Å². The minimum Gasteiger partial charge on any atom is -0.394 e. The summed E-state index contributed by atoms with van der Waals surface area (Å²) in [6.07, 6.45) is -4.94. The average Bonchev–Trinajstić information content (AvgIpc) is 2.75. The Bertz CT molecular complexity index is 390. The Morgan fingerprint density at radius 1 is 1.24 bits per heavy atom. The number of hydrogen-bond donors (Lipinski definition) is 4. The lowest BCUT2D eigenvalue weighted by molar-refractivity contribution is -0.157. The Hall–Kier alpha value is -1.39. The van der Waals surface area contributed by atoms with Gasteiger partial charge in [-0.25, -0.2) is 0 Å². The fourth-order valence-electron chi connectivity index (χ4n) is 1.95. The van der Waals surface area contributed by atoms with E-state index in [9.17, 15) is 22.8 Å². The van der Waals surface area contributed by atoms with Gasteiger partial charge in [-0.2, -0.15) is 13.2 Å². The number of rotatable bonds is 6. The summed E-state index contributed by atoms with van der Waals surface area (Å²) in [7, 11) is 0. The molecule has 4 N–H and O–H groups in total. The molecular weight excluding hydrogens is 297 g/mol.